The molecular weight excluding hydrogens is 403 g/mol. The summed E-state index contributed by atoms with van der Waals surface area (Å²) in [6, 6.07) is 18.8. The second kappa shape index (κ2) is 11.6. The van der Waals surface area contributed by atoms with Gasteiger partial charge in [0.25, 0.3) is 0 Å². The summed E-state index contributed by atoms with van der Waals surface area (Å²) in [5.74, 6) is 1.71. The fourth-order valence-electron chi connectivity index (χ4n) is 5.54. The van der Waals surface area contributed by atoms with Crippen molar-refractivity contribution in [3.05, 3.63) is 83.7 Å². The summed E-state index contributed by atoms with van der Waals surface area (Å²) < 4.78 is 15.3. The van der Waals surface area contributed by atoms with Gasteiger partial charge in [0.05, 0.1) is 0 Å². The first-order valence-corrected chi connectivity index (χ1v) is 13.1. The molecule has 0 amide bonds. The minimum Gasteiger partial charge on any atom is -0.206 e. The van der Waals surface area contributed by atoms with Crippen LogP contribution in [0.15, 0.2) is 66.7 Å². The van der Waals surface area contributed by atoms with Crippen LogP contribution in [0.5, 0.6) is 0 Å². The van der Waals surface area contributed by atoms with Crippen LogP contribution in [0.2, 0.25) is 0 Å². The Hall–Kier alpha value is -2.41. The molecule has 0 heterocycles. The molecule has 4 rings (SSSR count). The van der Waals surface area contributed by atoms with Crippen LogP contribution in [-0.2, 0) is 12.8 Å². The van der Waals surface area contributed by atoms with Gasteiger partial charge in [-0.15, -0.1) is 0 Å². The number of halogens is 1. The molecule has 1 saturated carbocycles. The minimum absolute atomic E-state index is 0.102. The van der Waals surface area contributed by atoms with E-state index in [9.17, 15) is 0 Å². The normalized spacial score (nSPS) is 18.9. The minimum atomic E-state index is -0.102. The van der Waals surface area contributed by atoms with E-state index in [0.29, 0.717) is 5.56 Å². The van der Waals surface area contributed by atoms with Crippen molar-refractivity contribution in [1.29, 1.82) is 0 Å². The van der Waals surface area contributed by atoms with Crippen molar-refractivity contribution in [3.63, 3.8) is 0 Å². The number of allylic oxidation sites excluding steroid dienone is 2. The first kappa shape index (κ1) is 23.7. The average Bonchev–Trinajstić information content (AvgIpc) is 2.85. The molecule has 0 atom stereocenters. The van der Waals surface area contributed by atoms with Crippen LogP contribution in [0.25, 0.3) is 21.9 Å². The van der Waals surface area contributed by atoms with E-state index in [0.717, 1.165) is 47.4 Å². The summed E-state index contributed by atoms with van der Waals surface area (Å²) in [4.78, 5) is 0. The highest BCUT2D eigenvalue weighted by Gasteiger charge is 2.20. The van der Waals surface area contributed by atoms with Gasteiger partial charge < -0.3 is 0 Å². The third kappa shape index (κ3) is 6.14. The molecular formula is C32H39F. The highest BCUT2D eigenvalue weighted by atomic mass is 19.1. The lowest BCUT2D eigenvalue weighted by molar-refractivity contribution is 0.254. The summed E-state index contributed by atoms with van der Waals surface area (Å²) in [6.45, 7) is 4.29. The molecule has 174 valence electrons. The lowest BCUT2D eigenvalue weighted by Crippen LogP contribution is -2.15. The van der Waals surface area contributed by atoms with Gasteiger partial charge in [-0.2, -0.15) is 0 Å². The zero-order valence-corrected chi connectivity index (χ0v) is 20.5. The van der Waals surface area contributed by atoms with Gasteiger partial charge in [0, 0.05) is 10.9 Å². The number of aryl methyl sites for hydroxylation is 2. The van der Waals surface area contributed by atoms with E-state index in [2.05, 4.69) is 68.5 Å². The molecule has 0 unspecified atom stereocenters. The van der Waals surface area contributed by atoms with Crippen LogP contribution >= 0.6 is 0 Å². The molecule has 3 aromatic rings. The summed E-state index contributed by atoms with van der Waals surface area (Å²) in [6.07, 6.45) is 17.2. The van der Waals surface area contributed by atoms with Gasteiger partial charge in [-0.1, -0.05) is 106 Å². The molecule has 0 bridgehead atoms. The van der Waals surface area contributed by atoms with Crippen molar-refractivity contribution < 1.29 is 4.39 Å². The van der Waals surface area contributed by atoms with Crippen molar-refractivity contribution in [1.82, 2.24) is 0 Å². The predicted octanol–water partition coefficient (Wildman–Crippen LogP) is 9.69. The highest BCUT2D eigenvalue weighted by molar-refractivity contribution is 5.88. The van der Waals surface area contributed by atoms with E-state index in [1.807, 2.05) is 12.1 Å². The number of hydrogen-bond donors (Lipinski definition) is 0. The van der Waals surface area contributed by atoms with Crippen LogP contribution in [0.4, 0.5) is 4.39 Å². The van der Waals surface area contributed by atoms with Crippen LogP contribution in [0.1, 0.15) is 76.3 Å². The van der Waals surface area contributed by atoms with Crippen molar-refractivity contribution in [3.8, 4) is 11.1 Å². The Balaban J connectivity index is 1.34. The molecule has 0 N–H and O–H groups in total. The molecule has 0 nitrogen and oxygen atoms in total. The number of hydrogen-bond acceptors (Lipinski definition) is 0. The summed E-state index contributed by atoms with van der Waals surface area (Å²) in [5.41, 5.74) is 4.33. The largest absolute Gasteiger partial charge is 0.206 e. The van der Waals surface area contributed by atoms with E-state index in [4.69, 9.17) is 0 Å². The monoisotopic (exact) mass is 442 g/mol. The summed E-state index contributed by atoms with van der Waals surface area (Å²) in [7, 11) is 0. The SMILES string of the molecule is C/C=C/CCC1CCC(CCc2ccc(-c3ccc4cc(CCC)ccc4c3F)cc2)CC1. The topological polar surface area (TPSA) is 0 Å². The van der Waals surface area contributed by atoms with Crippen LogP contribution < -0.4 is 0 Å². The maximum absolute atomic E-state index is 15.3. The molecule has 0 aliphatic heterocycles. The zero-order valence-electron chi connectivity index (χ0n) is 20.5. The molecule has 1 fully saturated rings. The van der Waals surface area contributed by atoms with Crippen LogP contribution in [0.3, 0.4) is 0 Å². The summed E-state index contributed by atoms with van der Waals surface area (Å²) in [5, 5.41) is 1.72. The second-order valence-electron chi connectivity index (χ2n) is 10.0. The zero-order chi connectivity index (χ0) is 23.0. The Labute approximate surface area is 199 Å². The number of rotatable bonds is 9. The van der Waals surface area contributed by atoms with Crippen molar-refractivity contribution >= 4 is 10.8 Å². The third-order valence-electron chi connectivity index (χ3n) is 7.61. The Kier molecular flexibility index (Phi) is 8.37. The van der Waals surface area contributed by atoms with Gasteiger partial charge in [-0.3, -0.25) is 0 Å². The molecule has 1 aliphatic rings. The quantitative estimate of drug-likeness (QED) is 0.289. The molecule has 1 aliphatic carbocycles. The Bertz CT molecular complexity index is 1050. The third-order valence-corrected chi connectivity index (χ3v) is 7.61. The van der Waals surface area contributed by atoms with E-state index in [1.54, 1.807) is 0 Å². The lowest BCUT2D eigenvalue weighted by Gasteiger charge is -2.28. The number of fused-ring (bicyclic) bond motifs is 1. The molecule has 33 heavy (non-hydrogen) atoms. The predicted molar refractivity (Wildman–Crippen MR) is 141 cm³/mol. The lowest BCUT2D eigenvalue weighted by atomic mass is 9.78. The smallest absolute Gasteiger partial charge is 0.138 e. The fourth-order valence-corrected chi connectivity index (χ4v) is 5.54. The molecule has 0 radical (unpaired) electrons. The summed E-state index contributed by atoms with van der Waals surface area (Å²) >= 11 is 0. The van der Waals surface area contributed by atoms with E-state index in [-0.39, 0.29) is 5.82 Å². The molecule has 0 saturated heterocycles. The molecule has 0 spiro atoms. The Morgan fingerprint density at radius 2 is 1.52 bits per heavy atom. The molecule has 0 aromatic heterocycles. The average molecular weight is 443 g/mol. The maximum atomic E-state index is 15.3. The van der Waals surface area contributed by atoms with Gasteiger partial charge in [0.1, 0.15) is 5.82 Å². The first-order valence-electron chi connectivity index (χ1n) is 13.1. The van der Waals surface area contributed by atoms with E-state index in [1.165, 1.54) is 56.1 Å². The molecule has 1 heteroatoms. The highest BCUT2D eigenvalue weighted by Crippen LogP contribution is 2.34. The second-order valence-corrected chi connectivity index (χ2v) is 10.0. The van der Waals surface area contributed by atoms with E-state index >= 15 is 4.39 Å². The Morgan fingerprint density at radius 1 is 0.818 bits per heavy atom. The standard InChI is InChI=1S/C32H39F/c1-3-5-6-8-24-9-11-25(12-10-24)13-14-26-15-18-28(19-16-26)30-22-20-29-23-27(7-4-2)17-21-31(29)32(30)33/h3,5,15-25H,4,6-14H2,1-2H3/b5-3+. The Morgan fingerprint density at radius 3 is 2.21 bits per heavy atom. The van der Waals surface area contributed by atoms with Gasteiger partial charge in [-0.25, -0.2) is 4.39 Å². The van der Waals surface area contributed by atoms with E-state index < -0.39 is 0 Å². The first-order chi connectivity index (χ1) is 16.2. The van der Waals surface area contributed by atoms with Crippen molar-refractivity contribution in [2.75, 3.05) is 0 Å². The van der Waals surface area contributed by atoms with Crippen LogP contribution in [0, 0.1) is 17.7 Å². The van der Waals surface area contributed by atoms with Gasteiger partial charge in [0.2, 0.25) is 0 Å². The van der Waals surface area contributed by atoms with Crippen molar-refractivity contribution in [2.45, 2.75) is 78.1 Å². The van der Waals surface area contributed by atoms with Gasteiger partial charge in [0.15, 0.2) is 0 Å². The maximum Gasteiger partial charge on any atom is 0.138 e. The van der Waals surface area contributed by atoms with Gasteiger partial charge in [-0.05, 0) is 72.9 Å². The van der Waals surface area contributed by atoms with Crippen LogP contribution in [-0.4, -0.2) is 0 Å². The molecule has 3 aromatic carbocycles. The van der Waals surface area contributed by atoms with Crippen molar-refractivity contribution in [2.24, 2.45) is 11.8 Å². The number of benzene rings is 3. The van der Waals surface area contributed by atoms with Gasteiger partial charge >= 0.3 is 0 Å². The fraction of sp³-hybridized carbons (Fsp3) is 0.438.